The third-order valence-corrected chi connectivity index (χ3v) is 2.86. The number of aromatic nitrogens is 3. The Kier molecular flexibility index (Phi) is 4.70. The van der Waals surface area contributed by atoms with Gasteiger partial charge in [0.15, 0.2) is 0 Å². The Hall–Kier alpha value is -1.20. The maximum absolute atomic E-state index is 4.30. The van der Waals surface area contributed by atoms with Gasteiger partial charge in [-0.2, -0.15) is 5.10 Å². The van der Waals surface area contributed by atoms with Gasteiger partial charge < -0.3 is 5.32 Å². The van der Waals surface area contributed by atoms with Gasteiger partial charge in [0.2, 0.25) is 0 Å². The molecule has 0 spiro atoms. The average Bonchev–Trinajstić information content (AvgIpc) is 2.84. The van der Waals surface area contributed by atoms with Crippen molar-refractivity contribution in [1.82, 2.24) is 20.1 Å². The fraction of sp³-hybridized carbons (Fsp3) is 0.333. The lowest BCUT2D eigenvalue weighted by molar-refractivity contribution is 0.541. The van der Waals surface area contributed by atoms with E-state index in [9.17, 15) is 0 Å². The van der Waals surface area contributed by atoms with Crippen molar-refractivity contribution in [2.24, 2.45) is 0 Å². The third-order valence-electron chi connectivity index (χ3n) is 2.39. The molecule has 0 aliphatic rings. The summed E-state index contributed by atoms with van der Waals surface area (Å²) in [7, 11) is 0. The Morgan fingerprint density at radius 1 is 1.35 bits per heavy atom. The van der Waals surface area contributed by atoms with E-state index in [1.807, 2.05) is 35.3 Å². The van der Waals surface area contributed by atoms with Crippen molar-refractivity contribution < 1.29 is 0 Å². The molecule has 0 atom stereocenters. The summed E-state index contributed by atoms with van der Waals surface area (Å²) in [4.78, 5) is 4.30. The molecule has 0 amide bonds. The first-order chi connectivity index (χ1) is 8.34. The Balaban J connectivity index is 1.61. The molecule has 4 nitrogen and oxygen atoms in total. The molecule has 17 heavy (non-hydrogen) atoms. The van der Waals surface area contributed by atoms with Crippen LogP contribution in [0.5, 0.6) is 0 Å². The predicted molar refractivity (Wildman–Crippen MR) is 70.5 cm³/mol. The molecule has 1 N–H and O–H groups in total. The second-order valence-electron chi connectivity index (χ2n) is 3.77. The van der Waals surface area contributed by atoms with E-state index in [1.54, 1.807) is 6.20 Å². The summed E-state index contributed by atoms with van der Waals surface area (Å²) < 4.78 is 2.96. The number of halogens is 1. The van der Waals surface area contributed by atoms with Crippen molar-refractivity contribution in [3.63, 3.8) is 0 Å². The van der Waals surface area contributed by atoms with Gasteiger partial charge in [0.1, 0.15) is 0 Å². The van der Waals surface area contributed by atoms with Crippen LogP contribution in [-0.2, 0) is 13.1 Å². The fourth-order valence-electron chi connectivity index (χ4n) is 1.53. The monoisotopic (exact) mass is 294 g/mol. The molecule has 0 aliphatic heterocycles. The van der Waals surface area contributed by atoms with Gasteiger partial charge in [0, 0.05) is 36.2 Å². The van der Waals surface area contributed by atoms with E-state index in [2.05, 4.69) is 31.3 Å². The maximum Gasteiger partial charge on any atom is 0.0542 e. The van der Waals surface area contributed by atoms with Crippen LogP contribution in [0.2, 0.25) is 0 Å². The molecule has 0 bridgehead atoms. The van der Waals surface area contributed by atoms with Crippen molar-refractivity contribution in [1.29, 1.82) is 0 Å². The normalized spacial score (nSPS) is 10.6. The average molecular weight is 295 g/mol. The Labute approximate surface area is 109 Å². The van der Waals surface area contributed by atoms with Gasteiger partial charge in [0.05, 0.1) is 5.69 Å². The molecule has 0 unspecified atom stereocenters. The lowest BCUT2D eigenvalue weighted by atomic mass is 10.3. The molecular formula is C12H15BrN4. The van der Waals surface area contributed by atoms with Gasteiger partial charge in [-0.05, 0) is 47.1 Å². The van der Waals surface area contributed by atoms with Crippen molar-refractivity contribution in [3.8, 4) is 0 Å². The highest BCUT2D eigenvalue weighted by atomic mass is 79.9. The van der Waals surface area contributed by atoms with Crippen LogP contribution in [0.25, 0.3) is 0 Å². The lowest BCUT2D eigenvalue weighted by Crippen LogP contribution is -2.17. The fourth-order valence-corrected chi connectivity index (χ4v) is 1.76. The van der Waals surface area contributed by atoms with E-state index in [0.29, 0.717) is 0 Å². The van der Waals surface area contributed by atoms with Gasteiger partial charge in [-0.1, -0.05) is 0 Å². The minimum atomic E-state index is 0.812. The molecule has 2 aromatic heterocycles. The number of pyridine rings is 1. The molecule has 0 saturated carbocycles. The first-order valence-corrected chi connectivity index (χ1v) is 6.42. The first kappa shape index (κ1) is 12.3. The molecule has 0 aliphatic carbocycles. The van der Waals surface area contributed by atoms with Crippen LogP contribution in [0.3, 0.4) is 0 Å². The summed E-state index contributed by atoms with van der Waals surface area (Å²) in [6, 6.07) is 5.97. The van der Waals surface area contributed by atoms with Crippen molar-refractivity contribution >= 4 is 15.9 Å². The van der Waals surface area contributed by atoms with Gasteiger partial charge in [-0.25, -0.2) is 0 Å². The van der Waals surface area contributed by atoms with Crippen molar-refractivity contribution in [3.05, 3.63) is 47.0 Å². The highest BCUT2D eigenvalue weighted by molar-refractivity contribution is 9.10. The second kappa shape index (κ2) is 6.51. The van der Waals surface area contributed by atoms with Gasteiger partial charge >= 0.3 is 0 Å². The number of rotatable bonds is 6. The van der Waals surface area contributed by atoms with Crippen LogP contribution in [0.1, 0.15) is 12.1 Å². The van der Waals surface area contributed by atoms with Gasteiger partial charge in [-0.15, -0.1) is 0 Å². The molecule has 0 radical (unpaired) electrons. The zero-order valence-corrected chi connectivity index (χ0v) is 11.1. The van der Waals surface area contributed by atoms with E-state index in [-0.39, 0.29) is 0 Å². The first-order valence-electron chi connectivity index (χ1n) is 5.63. The lowest BCUT2D eigenvalue weighted by Gasteiger charge is -2.04. The Bertz CT molecular complexity index is 424. The summed E-state index contributed by atoms with van der Waals surface area (Å²) in [5.74, 6) is 0. The van der Waals surface area contributed by atoms with Crippen molar-refractivity contribution in [2.75, 3.05) is 6.54 Å². The minimum absolute atomic E-state index is 0.812. The number of aryl methyl sites for hydroxylation is 1. The molecule has 0 fully saturated rings. The van der Waals surface area contributed by atoms with Crippen LogP contribution in [0, 0.1) is 0 Å². The molecule has 0 saturated heterocycles. The van der Waals surface area contributed by atoms with E-state index in [1.165, 1.54) is 0 Å². The van der Waals surface area contributed by atoms with E-state index in [0.717, 1.165) is 36.2 Å². The summed E-state index contributed by atoms with van der Waals surface area (Å²) in [6.07, 6.45) is 6.68. The van der Waals surface area contributed by atoms with Gasteiger partial charge in [-0.3, -0.25) is 9.67 Å². The van der Waals surface area contributed by atoms with Gasteiger partial charge in [0.25, 0.3) is 0 Å². The van der Waals surface area contributed by atoms with Crippen LogP contribution in [-0.4, -0.2) is 21.3 Å². The highest BCUT2D eigenvalue weighted by Gasteiger charge is 1.95. The quantitative estimate of drug-likeness (QED) is 0.831. The van der Waals surface area contributed by atoms with E-state index >= 15 is 0 Å². The topological polar surface area (TPSA) is 42.7 Å². The second-order valence-corrected chi connectivity index (χ2v) is 4.68. The molecule has 0 aromatic carbocycles. The van der Waals surface area contributed by atoms with E-state index in [4.69, 9.17) is 0 Å². The summed E-state index contributed by atoms with van der Waals surface area (Å²) in [5, 5.41) is 7.52. The maximum atomic E-state index is 4.30. The largest absolute Gasteiger partial charge is 0.311 e. The summed E-state index contributed by atoms with van der Waals surface area (Å²) in [5.41, 5.74) is 1.06. The van der Waals surface area contributed by atoms with Crippen LogP contribution >= 0.6 is 15.9 Å². The van der Waals surface area contributed by atoms with Crippen LogP contribution in [0.15, 0.2) is 41.3 Å². The number of nitrogens with zero attached hydrogens (tertiary/aromatic N) is 3. The summed E-state index contributed by atoms with van der Waals surface area (Å²) >= 11 is 3.37. The molecule has 90 valence electrons. The third kappa shape index (κ3) is 4.28. The zero-order valence-electron chi connectivity index (χ0n) is 9.51. The standard InChI is InChI=1S/C12H15BrN4/c13-11-3-4-12(15-9-11)10-14-5-1-7-17-8-2-6-16-17/h2-4,6,8-9,14H,1,5,7,10H2. The Morgan fingerprint density at radius 3 is 3.00 bits per heavy atom. The minimum Gasteiger partial charge on any atom is -0.311 e. The predicted octanol–water partition coefficient (Wildman–Crippen LogP) is 2.22. The highest BCUT2D eigenvalue weighted by Crippen LogP contribution is 2.06. The summed E-state index contributed by atoms with van der Waals surface area (Å²) in [6.45, 7) is 2.73. The molecule has 5 heteroatoms. The zero-order chi connectivity index (χ0) is 11.9. The van der Waals surface area contributed by atoms with Crippen LogP contribution < -0.4 is 5.32 Å². The number of hydrogen-bond donors (Lipinski definition) is 1. The molecule has 2 aromatic rings. The van der Waals surface area contributed by atoms with Crippen molar-refractivity contribution in [2.45, 2.75) is 19.5 Å². The molecular weight excluding hydrogens is 280 g/mol. The Morgan fingerprint density at radius 2 is 2.29 bits per heavy atom. The smallest absolute Gasteiger partial charge is 0.0542 e. The SMILES string of the molecule is Brc1ccc(CNCCCn2cccn2)nc1. The number of hydrogen-bond acceptors (Lipinski definition) is 3. The van der Waals surface area contributed by atoms with E-state index < -0.39 is 0 Å². The molecule has 2 heterocycles. The molecule has 2 rings (SSSR count). The number of nitrogens with one attached hydrogen (secondary N) is 1. The van der Waals surface area contributed by atoms with Crippen LogP contribution in [0.4, 0.5) is 0 Å².